The van der Waals surface area contributed by atoms with E-state index in [1.54, 1.807) is 0 Å². The zero-order valence-corrected chi connectivity index (χ0v) is 6.13. The van der Waals surface area contributed by atoms with Crippen LogP contribution in [0.3, 0.4) is 0 Å². The van der Waals surface area contributed by atoms with Crippen LogP contribution in [0.25, 0.3) is 0 Å². The number of rotatable bonds is 4. The number of amides is 1. The SMILES string of the molecule is NC(=O)CNCc1ccc[nH]1. The van der Waals surface area contributed by atoms with E-state index in [0.717, 1.165) is 5.69 Å². The Morgan fingerprint density at radius 1 is 1.73 bits per heavy atom. The summed E-state index contributed by atoms with van der Waals surface area (Å²) in [6.07, 6.45) is 1.83. The van der Waals surface area contributed by atoms with Gasteiger partial charge in [-0.1, -0.05) is 0 Å². The lowest BCUT2D eigenvalue weighted by molar-refractivity contribution is -0.117. The number of hydrogen-bond acceptors (Lipinski definition) is 2. The molecule has 0 aliphatic heterocycles. The molecule has 0 saturated carbocycles. The second-order valence-corrected chi connectivity index (χ2v) is 2.27. The van der Waals surface area contributed by atoms with Gasteiger partial charge in [-0.2, -0.15) is 0 Å². The smallest absolute Gasteiger partial charge is 0.231 e. The highest BCUT2D eigenvalue weighted by Gasteiger charge is 1.93. The van der Waals surface area contributed by atoms with Gasteiger partial charge < -0.3 is 16.0 Å². The van der Waals surface area contributed by atoms with Crippen LogP contribution >= 0.6 is 0 Å². The maximum Gasteiger partial charge on any atom is 0.231 e. The fraction of sp³-hybridized carbons (Fsp3) is 0.286. The van der Waals surface area contributed by atoms with Gasteiger partial charge in [0.05, 0.1) is 6.54 Å². The van der Waals surface area contributed by atoms with Crippen molar-refractivity contribution < 1.29 is 4.79 Å². The fourth-order valence-corrected chi connectivity index (χ4v) is 0.798. The summed E-state index contributed by atoms with van der Waals surface area (Å²) < 4.78 is 0. The molecule has 0 spiro atoms. The zero-order chi connectivity index (χ0) is 8.10. The first-order valence-corrected chi connectivity index (χ1v) is 3.40. The molecule has 4 heteroatoms. The molecule has 0 atom stereocenters. The Labute approximate surface area is 64.8 Å². The number of hydrogen-bond donors (Lipinski definition) is 3. The number of nitrogens with two attached hydrogens (primary N) is 1. The van der Waals surface area contributed by atoms with Crippen LogP contribution in [0.5, 0.6) is 0 Å². The van der Waals surface area contributed by atoms with Crippen molar-refractivity contribution in [3.63, 3.8) is 0 Å². The van der Waals surface area contributed by atoms with E-state index in [9.17, 15) is 4.79 Å². The lowest BCUT2D eigenvalue weighted by Crippen LogP contribution is -2.28. The van der Waals surface area contributed by atoms with Crippen LogP contribution in [-0.4, -0.2) is 17.4 Å². The maximum absolute atomic E-state index is 10.3. The Kier molecular flexibility index (Phi) is 2.68. The summed E-state index contributed by atoms with van der Waals surface area (Å²) in [5, 5.41) is 2.88. The van der Waals surface area contributed by atoms with Crippen molar-refractivity contribution in [2.75, 3.05) is 6.54 Å². The summed E-state index contributed by atoms with van der Waals surface area (Å²) >= 11 is 0. The van der Waals surface area contributed by atoms with Crippen LogP contribution < -0.4 is 11.1 Å². The summed E-state index contributed by atoms with van der Waals surface area (Å²) in [6, 6.07) is 3.84. The van der Waals surface area contributed by atoms with Crippen LogP contribution in [0.4, 0.5) is 0 Å². The largest absolute Gasteiger partial charge is 0.369 e. The number of aromatic amines is 1. The van der Waals surface area contributed by atoms with Gasteiger partial charge in [-0.25, -0.2) is 0 Å². The third-order valence-corrected chi connectivity index (χ3v) is 1.28. The number of carbonyl (C=O) groups excluding carboxylic acids is 1. The molecule has 1 amide bonds. The van der Waals surface area contributed by atoms with Gasteiger partial charge in [0.25, 0.3) is 0 Å². The summed E-state index contributed by atoms with van der Waals surface area (Å²) in [5.74, 6) is -0.337. The maximum atomic E-state index is 10.3. The van der Waals surface area contributed by atoms with E-state index in [4.69, 9.17) is 5.73 Å². The van der Waals surface area contributed by atoms with E-state index in [0.29, 0.717) is 6.54 Å². The average Bonchev–Trinajstić information content (AvgIpc) is 2.39. The Morgan fingerprint density at radius 3 is 3.09 bits per heavy atom. The van der Waals surface area contributed by atoms with Crippen LogP contribution in [0.2, 0.25) is 0 Å². The summed E-state index contributed by atoms with van der Waals surface area (Å²) in [5.41, 5.74) is 5.97. The van der Waals surface area contributed by atoms with Gasteiger partial charge in [-0.3, -0.25) is 4.79 Å². The monoisotopic (exact) mass is 153 g/mol. The first-order chi connectivity index (χ1) is 5.29. The van der Waals surface area contributed by atoms with Gasteiger partial charge in [0, 0.05) is 18.4 Å². The van der Waals surface area contributed by atoms with Crippen molar-refractivity contribution in [2.24, 2.45) is 5.73 Å². The van der Waals surface area contributed by atoms with Crippen LogP contribution in [-0.2, 0) is 11.3 Å². The summed E-state index contributed by atoms with van der Waals surface area (Å²) in [7, 11) is 0. The minimum absolute atomic E-state index is 0.221. The van der Waals surface area contributed by atoms with Crippen molar-refractivity contribution in [3.05, 3.63) is 24.0 Å². The summed E-state index contributed by atoms with van der Waals surface area (Å²) in [4.78, 5) is 13.3. The molecule has 60 valence electrons. The van der Waals surface area contributed by atoms with E-state index in [2.05, 4.69) is 10.3 Å². The molecule has 0 aliphatic carbocycles. The van der Waals surface area contributed by atoms with E-state index in [1.165, 1.54) is 0 Å². The lowest BCUT2D eigenvalue weighted by atomic mass is 10.4. The predicted molar refractivity (Wildman–Crippen MR) is 41.7 cm³/mol. The van der Waals surface area contributed by atoms with E-state index >= 15 is 0 Å². The highest BCUT2D eigenvalue weighted by atomic mass is 16.1. The second kappa shape index (κ2) is 3.78. The molecular weight excluding hydrogens is 142 g/mol. The minimum Gasteiger partial charge on any atom is -0.369 e. The first kappa shape index (κ1) is 7.81. The molecule has 0 bridgehead atoms. The summed E-state index contributed by atoms with van der Waals surface area (Å²) in [6.45, 7) is 0.870. The zero-order valence-electron chi connectivity index (χ0n) is 6.13. The predicted octanol–water partition coefficient (Wildman–Crippen LogP) is -0.410. The molecule has 1 heterocycles. The van der Waals surface area contributed by atoms with Gasteiger partial charge in [-0.15, -0.1) is 0 Å². The second-order valence-electron chi connectivity index (χ2n) is 2.27. The first-order valence-electron chi connectivity index (χ1n) is 3.40. The molecule has 0 aromatic carbocycles. The van der Waals surface area contributed by atoms with Gasteiger partial charge in [-0.05, 0) is 12.1 Å². The molecule has 1 rings (SSSR count). The van der Waals surface area contributed by atoms with Crippen molar-refractivity contribution >= 4 is 5.91 Å². The Hall–Kier alpha value is -1.29. The highest BCUT2D eigenvalue weighted by molar-refractivity contribution is 5.75. The molecule has 1 aromatic rings. The molecule has 1 aromatic heterocycles. The number of nitrogens with one attached hydrogen (secondary N) is 2. The molecule has 11 heavy (non-hydrogen) atoms. The number of primary amides is 1. The van der Waals surface area contributed by atoms with Crippen molar-refractivity contribution in [2.45, 2.75) is 6.54 Å². The fourth-order valence-electron chi connectivity index (χ4n) is 0.798. The molecular formula is C7H11N3O. The van der Waals surface area contributed by atoms with Crippen molar-refractivity contribution in [1.82, 2.24) is 10.3 Å². The standard InChI is InChI=1S/C7H11N3O/c8-7(11)5-9-4-6-2-1-3-10-6/h1-3,9-10H,4-5H2,(H2,8,11). The topological polar surface area (TPSA) is 70.9 Å². The molecule has 0 saturated heterocycles. The average molecular weight is 153 g/mol. The third kappa shape index (κ3) is 2.86. The Balaban J connectivity index is 2.19. The Morgan fingerprint density at radius 2 is 2.55 bits per heavy atom. The van der Waals surface area contributed by atoms with Crippen LogP contribution in [0, 0.1) is 0 Å². The molecule has 4 nitrogen and oxygen atoms in total. The van der Waals surface area contributed by atoms with Crippen LogP contribution in [0.1, 0.15) is 5.69 Å². The molecule has 0 aliphatic rings. The number of carbonyl (C=O) groups is 1. The molecule has 0 fully saturated rings. The van der Waals surface area contributed by atoms with Gasteiger partial charge in [0.1, 0.15) is 0 Å². The van der Waals surface area contributed by atoms with Crippen molar-refractivity contribution in [3.8, 4) is 0 Å². The Bertz CT molecular complexity index is 218. The quantitative estimate of drug-likeness (QED) is 0.550. The highest BCUT2D eigenvalue weighted by Crippen LogP contribution is 1.91. The van der Waals surface area contributed by atoms with Crippen LogP contribution in [0.15, 0.2) is 18.3 Å². The normalized spacial score (nSPS) is 9.82. The number of aromatic nitrogens is 1. The lowest BCUT2D eigenvalue weighted by Gasteiger charge is -1.98. The number of H-pyrrole nitrogens is 1. The molecule has 0 unspecified atom stereocenters. The third-order valence-electron chi connectivity index (χ3n) is 1.28. The van der Waals surface area contributed by atoms with E-state index in [1.807, 2.05) is 18.3 Å². The molecule has 0 radical (unpaired) electrons. The van der Waals surface area contributed by atoms with Gasteiger partial charge >= 0.3 is 0 Å². The minimum atomic E-state index is -0.337. The molecule has 4 N–H and O–H groups in total. The van der Waals surface area contributed by atoms with Gasteiger partial charge in [0.15, 0.2) is 0 Å². The van der Waals surface area contributed by atoms with Gasteiger partial charge in [0.2, 0.25) is 5.91 Å². The van der Waals surface area contributed by atoms with E-state index in [-0.39, 0.29) is 12.5 Å². The van der Waals surface area contributed by atoms with Crippen molar-refractivity contribution in [1.29, 1.82) is 0 Å². The van der Waals surface area contributed by atoms with E-state index < -0.39 is 0 Å².